The summed E-state index contributed by atoms with van der Waals surface area (Å²) in [6.45, 7) is 7.12. The largest absolute Gasteiger partial charge is 0.479 e. The number of nitrogens with zero attached hydrogens (tertiary/aromatic N) is 3. The summed E-state index contributed by atoms with van der Waals surface area (Å²) >= 11 is 1.36. The number of hydrogen-bond donors (Lipinski definition) is 3. The second-order valence-electron chi connectivity index (χ2n) is 6.05. The van der Waals surface area contributed by atoms with Crippen molar-refractivity contribution in [2.45, 2.75) is 31.3 Å². The van der Waals surface area contributed by atoms with Crippen LogP contribution in [0, 0.1) is 5.92 Å². The van der Waals surface area contributed by atoms with Gasteiger partial charge in [-0.1, -0.05) is 11.7 Å². The number of nitrogens with one attached hydrogen (secondary N) is 1. The molecule has 2 heterocycles. The van der Waals surface area contributed by atoms with Crippen LogP contribution in [0.4, 0.5) is 0 Å². The van der Waals surface area contributed by atoms with Crippen LogP contribution in [0.1, 0.15) is 13.8 Å². The number of thioether (sulfide) groups is 1. The number of esters is 1. The standard InChI is InChI=1S/C16H23N5O6S/c1-5-27-16(25)8(3)9(20-26-4)12(19-17)18-10-13(22)21-11(15(23)24)7(2)6-28-14(10)21/h8,10-11,14H,2,5-6,17H2,1,3-4H3,(H,18,19)(H,23,24)/t8?,10?,11?,14-/m0/s1. The molecule has 0 aromatic carbocycles. The maximum atomic E-state index is 12.6. The molecule has 0 spiro atoms. The molecule has 2 fully saturated rings. The smallest absolute Gasteiger partial charge is 0.330 e. The van der Waals surface area contributed by atoms with E-state index >= 15 is 0 Å². The Kier molecular flexibility index (Phi) is 7.02. The molecule has 154 valence electrons. The Morgan fingerprint density at radius 3 is 2.75 bits per heavy atom. The van der Waals surface area contributed by atoms with Gasteiger partial charge < -0.3 is 25.0 Å². The normalized spacial score (nSPS) is 26.1. The summed E-state index contributed by atoms with van der Waals surface area (Å²) in [4.78, 5) is 46.4. The van der Waals surface area contributed by atoms with Crippen molar-refractivity contribution in [3.8, 4) is 0 Å². The molecular formula is C16H23N5O6S. The first-order valence-electron chi connectivity index (χ1n) is 8.45. The minimum absolute atomic E-state index is 0.0164. The number of carboxylic acids is 1. The van der Waals surface area contributed by atoms with Crippen molar-refractivity contribution in [3.05, 3.63) is 12.2 Å². The number of hydrogen-bond acceptors (Lipinski definition) is 9. The van der Waals surface area contributed by atoms with Crippen molar-refractivity contribution < 1.29 is 29.1 Å². The lowest BCUT2D eigenvalue weighted by molar-refractivity contribution is -0.157. The first kappa shape index (κ1) is 21.7. The van der Waals surface area contributed by atoms with E-state index in [4.69, 9.17) is 15.4 Å². The Bertz CT molecular complexity index is 739. The van der Waals surface area contributed by atoms with Gasteiger partial charge in [-0.15, -0.1) is 11.8 Å². The zero-order valence-corrected chi connectivity index (χ0v) is 16.6. The van der Waals surface area contributed by atoms with E-state index in [9.17, 15) is 19.5 Å². The lowest BCUT2D eigenvalue weighted by Crippen LogP contribution is -2.70. The number of rotatable bonds is 7. The van der Waals surface area contributed by atoms with E-state index in [2.05, 4.69) is 22.2 Å². The van der Waals surface area contributed by atoms with Crippen LogP contribution in [0.5, 0.6) is 0 Å². The quantitative estimate of drug-likeness (QED) is 0.0938. The highest BCUT2D eigenvalue weighted by Gasteiger charge is 2.56. The summed E-state index contributed by atoms with van der Waals surface area (Å²) in [7, 11) is 1.29. The fraction of sp³-hybridized carbons (Fsp3) is 0.562. The maximum absolute atomic E-state index is 12.6. The number of carboxylic acid groups (broad SMARTS) is 1. The number of β-lactam (4-membered cyclic amide) rings is 1. The van der Waals surface area contributed by atoms with Gasteiger partial charge in [0.2, 0.25) is 0 Å². The number of carbonyl (C=O) groups is 3. The van der Waals surface area contributed by atoms with Crippen LogP contribution in [-0.4, -0.2) is 76.3 Å². The van der Waals surface area contributed by atoms with Gasteiger partial charge in [-0.3, -0.25) is 9.59 Å². The number of nitrogens with two attached hydrogens (primary N) is 1. The predicted octanol–water partition coefficient (Wildman–Crippen LogP) is -0.657. The molecular weight excluding hydrogens is 390 g/mol. The molecule has 0 radical (unpaired) electrons. The van der Waals surface area contributed by atoms with Crippen molar-refractivity contribution in [2.75, 3.05) is 19.5 Å². The lowest BCUT2D eigenvalue weighted by atomic mass is 9.98. The van der Waals surface area contributed by atoms with E-state index < -0.39 is 41.2 Å². The van der Waals surface area contributed by atoms with Crippen LogP contribution >= 0.6 is 11.8 Å². The second-order valence-corrected chi connectivity index (χ2v) is 7.15. The molecule has 12 heteroatoms. The van der Waals surface area contributed by atoms with Gasteiger partial charge in [-0.05, 0) is 19.4 Å². The molecule has 2 aliphatic rings. The fourth-order valence-corrected chi connectivity index (χ4v) is 4.21. The number of hydrazine groups is 1. The van der Waals surface area contributed by atoms with Crippen molar-refractivity contribution in [2.24, 2.45) is 21.9 Å². The summed E-state index contributed by atoms with van der Waals surface area (Å²) in [5, 5.41) is 12.7. The van der Waals surface area contributed by atoms with E-state index in [-0.39, 0.29) is 18.2 Å². The van der Waals surface area contributed by atoms with Gasteiger partial charge in [0.15, 0.2) is 17.9 Å². The van der Waals surface area contributed by atoms with Crippen molar-refractivity contribution >= 4 is 41.2 Å². The number of amidine groups is 1. The number of fused-ring (bicyclic) bond motifs is 1. The minimum atomic E-state index is -1.14. The first-order chi connectivity index (χ1) is 13.3. The monoisotopic (exact) mass is 413 g/mol. The van der Waals surface area contributed by atoms with E-state index in [1.54, 1.807) is 6.92 Å². The Morgan fingerprint density at radius 1 is 1.54 bits per heavy atom. The molecule has 4 N–H and O–H groups in total. The third-order valence-corrected chi connectivity index (χ3v) is 5.64. The van der Waals surface area contributed by atoms with Crippen LogP contribution in [-0.2, 0) is 24.0 Å². The molecule has 4 atom stereocenters. The van der Waals surface area contributed by atoms with Gasteiger partial charge in [0.25, 0.3) is 5.91 Å². The Hall–Kier alpha value is -2.60. The topological polar surface area (TPSA) is 156 Å². The van der Waals surface area contributed by atoms with Crippen LogP contribution < -0.4 is 11.3 Å². The minimum Gasteiger partial charge on any atom is -0.479 e. The molecule has 11 nitrogen and oxygen atoms in total. The lowest BCUT2D eigenvalue weighted by Gasteiger charge is -2.51. The number of carbonyl (C=O) groups excluding carboxylic acids is 2. The third kappa shape index (κ3) is 3.97. The van der Waals surface area contributed by atoms with Crippen LogP contribution in [0.3, 0.4) is 0 Å². The van der Waals surface area contributed by atoms with Crippen molar-refractivity contribution in [1.29, 1.82) is 0 Å². The molecule has 28 heavy (non-hydrogen) atoms. The summed E-state index contributed by atoms with van der Waals surface area (Å²) in [5.74, 6) is 2.89. The fourth-order valence-electron chi connectivity index (χ4n) is 2.92. The summed E-state index contributed by atoms with van der Waals surface area (Å²) in [5.41, 5.74) is 2.85. The molecule has 0 aromatic heterocycles. The number of aliphatic imine (C=N–C) groups is 1. The highest BCUT2D eigenvalue weighted by Crippen LogP contribution is 2.41. The summed E-state index contributed by atoms with van der Waals surface area (Å²) < 4.78 is 4.98. The SMILES string of the molecule is C=C1CS[C@H]2C(N=C(NN)C(=NOC)C(C)C(=O)OCC)C(=O)N2C1C(=O)O. The maximum Gasteiger partial charge on any atom is 0.330 e. The number of oxime groups is 1. The first-order valence-corrected chi connectivity index (χ1v) is 9.50. The van der Waals surface area contributed by atoms with Gasteiger partial charge in [-0.25, -0.2) is 15.6 Å². The third-order valence-electron chi connectivity index (χ3n) is 4.28. The van der Waals surface area contributed by atoms with Gasteiger partial charge in [0, 0.05) is 5.75 Å². The molecule has 0 bridgehead atoms. The highest BCUT2D eigenvalue weighted by atomic mass is 32.2. The Morgan fingerprint density at radius 2 is 2.21 bits per heavy atom. The van der Waals surface area contributed by atoms with Gasteiger partial charge in [0.05, 0.1) is 6.61 Å². The number of ether oxygens (including phenoxy) is 1. The van der Waals surface area contributed by atoms with Crippen LogP contribution in [0.15, 0.2) is 22.3 Å². The molecule has 2 rings (SSSR count). The molecule has 2 aliphatic heterocycles. The van der Waals surface area contributed by atoms with Crippen molar-refractivity contribution in [1.82, 2.24) is 10.3 Å². The molecule has 2 saturated heterocycles. The van der Waals surface area contributed by atoms with Crippen LogP contribution in [0.25, 0.3) is 0 Å². The zero-order chi connectivity index (χ0) is 21.0. The molecule has 0 aromatic rings. The summed E-state index contributed by atoms with van der Waals surface area (Å²) in [6, 6.07) is -1.95. The second kappa shape index (κ2) is 9.06. The van der Waals surface area contributed by atoms with E-state index in [1.807, 2.05) is 0 Å². The van der Waals surface area contributed by atoms with Gasteiger partial charge in [0.1, 0.15) is 24.1 Å². The van der Waals surface area contributed by atoms with Crippen LogP contribution in [0.2, 0.25) is 0 Å². The number of amides is 1. The zero-order valence-electron chi connectivity index (χ0n) is 15.7. The van der Waals surface area contributed by atoms with E-state index in [0.29, 0.717) is 11.3 Å². The molecule has 3 unspecified atom stereocenters. The average molecular weight is 413 g/mol. The molecule has 0 saturated carbocycles. The molecule has 0 aliphatic carbocycles. The highest BCUT2D eigenvalue weighted by molar-refractivity contribution is 8.00. The van der Waals surface area contributed by atoms with Gasteiger partial charge >= 0.3 is 11.9 Å². The van der Waals surface area contributed by atoms with Crippen molar-refractivity contribution in [3.63, 3.8) is 0 Å². The Labute approximate surface area is 166 Å². The van der Waals surface area contributed by atoms with E-state index in [1.165, 1.54) is 30.7 Å². The van der Waals surface area contributed by atoms with Gasteiger partial charge in [-0.2, -0.15) is 0 Å². The predicted molar refractivity (Wildman–Crippen MR) is 102 cm³/mol. The Balaban J connectivity index is 2.29. The average Bonchev–Trinajstić information content (AvgIpc) is 2.66. The number of aliphatic carboxylic acids is 1. The molecule has 1 amide bonds. The summed E-state index contributed by atoms with van der Waals surface area (Å²) in [6.07, 6.45) is 0. The van der Waals surface area contributed by atoms with E-state index in [0.717, 1.165) is 0 Å².